The Hall–Kier alpha value is -1.84. The number of imide groups is 1. The monoisotopic (exact) mass is 272 g/mol. The smallest absolute Gasteiger partial charge is 0.234 e. The number of anilines is 2. The minimum atomic E-state index is -0.0984. The molecule has 2 aliphatic rings. The molecule has 1 saturated carbocycles. The molecule has 0 bridgehead atoms. The molecule has 106 valence electrons. The van der Waals surface area contributed by atoms with E-state index in [1.165, 1.54) is 4.90 Å². The Morgan fingerprint density at radius 3 is 2.25 bits per heavy atom. The van der Waals surface area contributed by atoms with Crippen LogP contribution in [0.15, 0.2) is 18.2 Å². The topological polar surface area (TPSA) is 63.4 Å². The van der Waals surface area contributed by atoms with E-state index >= 15 is 0 Å². The summed E-state index contributed by atoms with van der Waals surface area (Å²) < 4.78 is 0. The lowest BCUT2D eigenvalue weighted by molar-refractivity contribution is -0.133. The summed E-state index contributed by atoms with van der Waals surface area (Å²) in [4.78, 5) is 26.2. The van der Waals surface area contributed by atoms with Gasteiger partial charge in [-0.3, -0.25) is 9.59 Å². The van der Waals surface area contributed by atoms with Gasteiger partial charge in [0.15, 0.2) is 0 Å². The highest BCUT2D eigenvalue weighted by atomic mass is 16.2. The number of amides is 2. The fourth-order valence-electron chi connectivity index (χ4n) is 3.63. The van der Waals surface area contributed by atoms with Crippen LogP contribution in [0.25, 0.3) is 0 Å². The first kappa shape index (κ1) is 13.2. The summed E-state index contributed by atoms with van der Waals surface area (Å²) in [7, 11) is 0. The minimum Gasteiger partial charge on any atom is -0.397 e. The average molecular weight is 272 g/mol. The molecular weight excluding hydrogens is 252 g/mol. The van der Waals surface area contributed by atoms with Crippen molar-refractivity contribution in [2.75, 3.05) is 10.6 Å². The largest absolute Gasteiger partial charge is 0.397 e. The van der Waals surface area contributed by atoms with Gasteiger partial charge in [-0.1, -0.05) is 18.9 Å². The Morgan fingerprint density at radius 2 is 1.70 bits per heavy atom. The van der Waals surface area contributed by atoms with Gasteiger partial charge in [0.25, 0.3) is 0 Å². The number of hydrogen-bond donors (Lipinski definition) is 1. The highest BCUT2D eigenvalue weighted by molar-refractivity contribution is 6.18. The van der Waals surface area contributed by atoms with Crippen LogP contribution in [0.5, 0.6) is 0 Å². The molecule has 1 aromatic carbocycles. The van der Waals surface area contributed by atoms with Crippen LogP contribution >= 0.6 is 0 Å². The molecule has 4 heteroatoms. The number of nitrogens with two attached hydrogens (primary N) is 1. The Kier molecular flexibility index (Phi) is 3.04. The van der Waals surface area contributed by atoms with Gasteiger partial charge < -0.3 is 5.73 Å². The summed E-state index contributed by atoms with van der Waals surface area (Å²) in [6.45, 7) is 1.94. The van der Waals surface area contributed by atoms with Crippen molar-refractivity contribution < 1.29 is 9.59 Å². The standard InChI is InChI=1S/C16H20N2O2/c1-11-4-5-13(12(17)8-11)18-14(19)9-16(10-15(18)20)6-2-3-7-16/h4-5,8H,2-3,6-7,9-10,17H2,1H3. The van der Waals surface area contributed by atoms with Gasteiger partial charge in [-0.05, 0) is 42.9 Å². The van der Waals surface area contributed by atoms with E-state index in [2.05, 4.69) is 0 Å². The molecule has 2 N–H and O–H groups in total. The van der Waals surface area contributed by atoms with E-state index in [0.717, 1.165) is 31.2 Å². The zero-order chi connectivity index (χ0) is 14.3. The van der Waals surface area contributed by atoms with E-state index in [9.17, 15) is 9.59 Å². The van der Waals surface area contributed by atoms with Gasteiger partial charge in [-0.25, -0.2) is 4.90 Å². The van der Waals surface area contributed by atoms with E-state index < -0.39 is 0 Å². The van der Waals surface area contributed by atoms with Gasteiger partial charge in [0.05, 0.1) is 11.4 Å². The first-order valence-corrected chi connectivity index (χ1v) is 7.23. The number of benzene rings is 1. The second-order valence-corrected chi connectivity index (χ2v) is 6.25. The molecule has 3 rings (SSSR count). The number of aryl methyl sites for hydroxylation is 1. The van der Waals surface area contributed by atoms with Gasteiger partial charge in [-0.2, -0.15) is 0 Å². The van der Waals surface area contributed by atoms with Crippen LogP contribution in [0, 0.1) is 12.3 Å². The maximum Gasteiger partial charge on any atom is 0.234 e. The van der Waals surface area contributed by atoms with Gasteiger partial charge in [-0.15, -0.1) is 0 Å². The van der Waals surface area contributed by atoms with Crippen LogP contribution in [-0.4, -0.2) is 11.8 Å². The van der Waals surface area contributed by atoms with Crippen LogP contribution in [-0.2, 0) is 9.59 Å². The zero-order valence-electron chi connectivity index (χ0n) is 11.8. The first-order chi connectivity index (χ1) is 9.51. The molecule has 1 heterocycles. The molecule has 20 heavy (non-hydrogen) atoms. The fourth-order valence-corrected chi connectivity index (χ4v) is 3.63. The molecule has 2 amide bonds. The predicted molar refractivity (Wildman–Crippen MR) is 78.2 cm³/mol. The number of carbonyl (C=O) groups is 2. The lowest BCUT2D eigenvalue weighted by Gasteiger charge is -2.37. The van der Waals surface area contributed by atoms with Crippen LogP contribution in [0.2, 0.25) is 0 Å². The molecular formula is C16H20N2O2. The van der Waals surface area contributed by atoms with E-state index in [1.807, 2.05) is 13.0 Å². The molecule has 0 radical (unpaired) electrons. The summed E-state index contributed by atoms with van der Waals surface area (Å²) in [6, 6.07) is 5.45. The first-order valence-electron chi connectivity index (χ1n) is 7.23. The Bertz CT molecular complexity index is 554. The van der Waals surface area contributed by atoms with Crippen molar-refractivity contribution in [3.63, 3.8) is 0 Å². The number of nitrogen functional groups attached to an aromatic ring is 1. The highest BCUT2D eigenvalue weighted by Gasteiger charge is 2.45. The number of nitrogens with zero attached hydrogens (tertiary/aromatic N) is 1. The van der Waals surface area contributed by atoms with E-state index in [1.54, 1.807) is 12.1 Å². The molecule has 1 aliphatic carbocycles. The number of carbonyl (C=O) groups excluding carboxylic acids is 2. The van der Waals surface area contributed by atoms with Crippen molar-refractivity contribution in [1.29, 1.82) is 0 Å². The average Bonchev–Trinajstić information content (AvgIpc) is 2.79. The van der Waals surface area contributed by atoms with E-state index in [0.29, 0.717) is 24.2 Å². The van der Waals surface area contributed by atoms with Crippen LogP contribution in [0.4, 0.5) is 11.4 Å². The summed E-state index contributed by atoms with van der Waals surface area (Å²) in [6.07, 6.45) is 5.22. The van der Waals surface area contributed by atoms with Crippen molar-refractivity contribution >= 4 is 23.2 Å². The number of rotatable bonds is 1. The van der Waals surface area contributed by atoms with E-state index in [-0.39, 0.29) is 17.2 Å². The summed E-state index contributed by atoms with van der Waals surface area (Å²) in [5.74, 6) is -0.197. The Balaban J connectivity index is 1.91. The minimum absolute atomic E-state index is 0.0654. The molecule has 1 spiro atoms. The second kappa shape index (κ2) is 4.62. The Morgan fingerprint density at radius 1 is 1.10 bits per heavy atom. The lowest BCUT2D eigenvalue weighted by atomic mass is 9.76. The second-order valence-electron chi connectivity index (χ2n) is 6.25. The van der Waals surface area contributed by atoms with Gasteiger partial charge in [0.1, 0.15) is 0 Å². The molecule has 0 atom stereocenters. The molecule has 1 aromatic rings. The third-order valence-corrected chi connectivity index (χ3v) is 4.64. The third-order valence-electron chi connectivity index (χ3n) is 4.64. The molecule has 4 nitrogen and oxygen atoms in total. The van der Waals surface area contributed by atoms with Crippen LogP contribution in [0.1, 0.15) is 44.1 Å². The maximum absolute atomic E-state index is 12.5. The lowest BCUT2D eigenvalue weighted by Crippen LogP contribution is -2.47. The predicted octanol–water partition coefficient (Wildman–Crippen LogP) is 2.79. The normalized spacial score (nSPS) is 21.8. The van der Waals surface area contributed by atoms with Crippen LogP contribution in [0.3, 0.4) is 0 Å². The summed E-state index contributed by atoms with van der Waals surface area (Å²) in [5, 5.41) is 0. The third kappa shape index (κ3) is 2.09. The molecule has 2 fully saturated rings. The number of hydrogen-bond acceptors (Lipinski definition) is 3. The number of piperidine rings is 1. The quantitative estimate of drug-likeness (QED) is 0.631. The highest BCUT2D eigenvalue weighted by Crippen LogP contribution is 2.47. The zero-order valence-corrected chi connectivity index (χ0v) is 11.8. The summed E-state index contributed by atoms with van der Waals surface area (Å²) >= 11 is 0. The molecule has 1 saturated heterocycles. The van der Waals surface area contributed by atoms with Crippen molar-refractivity contribution in [2.24, 2.45) is 5.41 Å². The van der Waals surface area contributed by atoms with Crippen molar-refractivity contribution in [3.05, 3.63) is 23.8 Å². The SMILES string of the molecule is Cc1ccc(N2C(=O)CC3(CCCC3)CC2=O)c(N)c1. The van der Waals surface area contributed by atoms with Crippen molar-refractivity contribution in [3.8, 4) is 0 Å². The van der Waals surface area contributed by atoms with Crippen LogP contribution < -0.4 is 10.6 Å². The molecule has 1 aliphatic heterocycles. The Labute approximate surface area is 118 Å². The van der Waals surface area contributed by atoms with Gasteiger partial charge in [0, 0.05) is 12.8 Å². The molecule has 0 aromatic heterocycles. The fraction of sp³-hybridized carbons (Fsp3) is 0.500. The summed E-state index contributed by atoms with van der Waals surface area (Å²) in [5.41, 5.74) is 7.97. The van der Waals surface area contributed by atoms with Gasteiger partial charge in [0.2, 0.25) is 11.8 Å². The van der Waals surface area contributed by atoms with Crippen molar-refractivity contribution in [2.45, 2.75) is 45.4 Å². The molecule has 0 unspecified atom stereocenters. The van der Waals surface area contributed by atoms with E-state index in [4.69, 9.17) is 5.73 Å². The maximum atomic E-state index is 12.5. The van der Waals surface area contributed by atoms with Crippen molar-refractivity contribution in [1.82, 2.24) is 0 Å². The van der Waals surface area contributed by atoms with Gasteiger partial charge >= 0.3 is 0 Å².